The second-order valence-electron chi connectivity index (χ2n) is 5.42. The number of nitrogens with zero attached hydrogens (tertiary/aromatic N) is 3. The van der Waals surface area contributed by atoms with E-state index in [2.05, 4.69) is 16.3 Å². The Kier molecular flexibility index (Phi) is 5.72. The quantitative estimate of drug-likeness (QED) is 0.202. The molecule has 0 unspecified atom stereocenters. The molecule has 5 nitrogen and oxygen atoms in total. The van der Waals surface area contributed by atoms with Gasteiger partial charge in [-0.25, -0.2) is 0 Å². The third-order valence-corrected chi connectivity index (χ3v) is 4.38. The fourth-order valence-electron chi connectivity index (χ4n) is 1.83. The van der Waals surface area contributed by atoms with Crippen molar-refractivity contribution >= 4 is 17.6 Å². The van der Waals surface area contributed by atoms with Crippen LogP contribution in [0.1, 0.15) is 38.8 Å². The van der Waals surface area contributed by atoms with Gasteiger partial charge in [0.2, 0.25) is 0 Å². The monoisotopic (exact) mass is 284 g/mol. The summed E-state index contributed by atoms with van der Waals surface area (Å²) in [5.74, 6) is 1.37. The average Bonchev–Trinajstić information content (AvgIpc) is 2.66. The van der Waals surface area contributed by atoms with E-state index in [9.17, 15) is 0 Å². The van der Waals surface area contributed by atoms with E-state index in [0.29, 0.717) is 5.84 Å². The Balaban J connectivity index is 2.27. The third kappa shape index (κ3) is 4.78. The smallest absolute Gasteiger partial charge is 0.144 e. The predicted octanol–water partition coefficient (Wildman–Crippen LogP) is 2.76. The minimum Gasteiger partial charge on any atom is -0.409 e. The molecule has 0 amide bonds. The number of aryl methyl sites for hydroxylation is 2. The van der Waals surface area contributed by atoms with Crippen molar-refractivity contribution in [3.63, 3.8) is 0 Å². The van der Waals surface area contributed by atoms with Gasteiger partial charge in [0.25, 0.3) is 0 Å². The summed E-state index contributed by atoms with van der Waals surface area (Å²) >= 11 is 1.82. The number of unbranched alkanes of at least 4 members (excludes halogenated alkanes) is 1. The number of aromatic nitrogens is 2. The zero-order valence-corrected chi connectivity index (χ0v) is 13.0. The van der Waals surface area contributed by atoms with Crippen molar-refractivity contribution in [3.8, 4) is 0 Å². The molecule has 1 heterocycles. The lowest BCUT2D eigenvalue weighted by molar-refractivity contribution is 0.304. The topological polar surface area (TPSA) is 76.4 Å². The second-order valence-corrected chi connectivity index (χ2v) is 6.54. The van der Waals surface area contributed by atoms with E-state index in [4.69, 9.17) is 10.9 Å². The molecule has 3 N–H and O–H groups in total. The number of hydrogen-bond acceptors (Lipinski definition) is 4. The maximum atomic E-state index is 8.70. The predicted molar refractivity (Wildman–Crippen MR) is 79.7 cm³/mol. The molecular formula is C13H24N4OS. The summed E-state index contributed by atoms with van der Waals surface area (Å²) in [5.41, 5.74) is 6.48. The number of hydrogen-bond donors (Lipinski definition) is 2. The highest BCUT2D eigenvalue weighted by molar-refractivity contribution is 7.99. The molecule has 0 aromatic carbocycles. The summed E-state index contributed by atoms with van der Waals surface area (Å²) in [7, 11) is 1.97. The number of nitrogens with two attached hydrogens (primary N) is 1. The summed E-state index contributed by atoms with van der Waals surface area (Å²) in [6.45, 7) is 6.00. The third-order valence-electron chi connectivity index (χ3n) is 3.21. The first-order valence-electron chi connectivity index (χ1n) is 6.48. The Hall–Kier alpha value is -1.17. The summed E-state index contributed by atoms with van der Waals surface area (Å²) < 4.78 is 1.92. The Morgan fingerprint density at radius 3 is 2.74 bits per heavy atom. The van der Waals surface area contributed by atoms with Crippen LogP contribution >= 0.6 is 11.8 Å². The van der Waals surface area contributed by atoms with Crippen LogP contribution in [-0.4, -0.2) is 26.6 Å². The molecule has 0 fully saturated rings. The molecule has 0 saturated heterocycles. The van der Waals surface area contributed by atoms with Crippen LogP contribution in [0.2, 0.25) is 0 Å². The van der Waals surface area contributed by atoms with Crippen LogP contribution in [0.15, 0.2) is 16.2 Å². The molecule has 0 bridgehead atoms. The van der Waals surface area contributed by atoms with E-state index in [1.54, 1.807) is 0 Å². The molecule has 6 heteroatoms. The zero-order valence-electron chi connectivity index (χ0n) is 12.2. The lowest BCUT2D eigenvalue weighted by Crippen LogP contribution is -2.31. The highest BCUT2D eigenvalue weighted by Crippen LogP contribution is 2.25. The van der Waals surface area contributed by atoms with Gasteiger partial charge in [-0.15, -0.1) is 11.8 Å². The van der Waals surface area contributed by atoms with Crippen LogP contribution < -0.4 is 5.73 Å². The fraction of sp³-hybridized carbons (Fsp3) is 0.692. The molecule has 0 radical (unpaired) electrons. The molecule has 0 aliphatic rings. The average molecular weight is 284 g/mol. The fourth-order valence-corrected chi connectivity index (χ4v) is 2.87. The number of amidine groups is 1. The van der Waals surface area contributed by atoms with E-state index in [1.807, 2.05) is 44.3 Å². The zero-order chi connectivity index (χ0) is 14.5. The number of oxime groups is 1. The van der Waals surface area contributed by atoms with Crippen molar-refractivity contribution in [1.29, 1.82) is 0 Å². The number of rotatable bonds is 7. The molecule has 1 aromatic rings. The standard InChI is InChI=1S/C13H24N4OS/c1-10-9-11(17(4)15-10)19-8-6-5-7-13(2,3)12(14)16-18/h9,18H,5-8H2,1-4H3,(H2,14,16). The van der Waals surface area contributed by atoms with Crippen LogP contribution in [0.3, 0.4) is 0 Å². The largest absolute Gasteiger partial charge is 0.409 e. The van der Waals surface area contributed by atoms with Crippen molar-refractivity contribution in [2.75, 3.05) is 5.75 Å². The number of thioether (sulfide) groups is 1. The van der Waals surface area contributed by atoms with E-state index < -0.39 is 0 Å². The minimum absolute atomic E-state index is 0.234. The van der Waals surface area contributed by atoms with Gasteiger partial charge in [0.05, 0.1) is 10.7 Å². The molecule has 0 aliphatic heterocycles. The molecule has 0 atom stereocenters. The lowest BCUT2D eigenvalue weighted by Gasteiger charge is -2.22. The van der Waals surface area contributed by atoms with Crippen molar-refractivity contribution in [1.82, 2.24) is 9.78 Å². The Morgan fingerprint density at radius 1 is 1.53 bits per heavy atom. The van der Waals surface area contributed by atoms with Crippen molar-refractivity contribution in [2.45, 2.75) is 45.1 Å². The van der Waals surface area contributed by atoms with Gasteiger partial charge in [-0.2, -0.15) is 5.10 Å². The van der Waals surface area contributed by atoms with Gasteiger partial charge in [-0.1, -0.05) is 25.4 Å². The second kappa shape index (κ2) is 6.84. The maximum Gasteiger partial charge on any atom is 0.144 e. The van der Waals surface area contributed by atoms with E-state index >= 15 is 0 Å². The SMILES string of the molecule is Cc1cc(SCCCCC(C)(C)/C(N)=N/O)n(C)n1. The van der Waals surface area contributed by atoms with Crippen molar-refractivity contribution in [2.24, 2.45) is 23.4 Å². The lowest BCUT2D eigenvalue weighted by atomic mass is 9.86. The normalized spacial score (nSPS) is 12.9. The molecule has 19 heavy (non-hydrogen) atoms. The molecular weight excluding hydrogens is 260 g/mol. The Bertz CT molecular complexity index is 440. The highest BCUT2D eigenvalue weighted by Gasteiger charge is 2.22. The van der Waals surface area contributed by atoms with Gasteiger partial charge in [0, 0.05) is 12.5 Å². The molecule has 0 saturated carbocycles. The van der Waals surface area contributed by atoms with Gasteiger partial charge in [0.15, 0.2) is 0 Å². The Morgan fingerprint density at radius 2 is 2.21 bits per heavy atom. The summed E-state index contributed by atoms with van der Waals surface area (Å²) in [4.78, 5) is 0. The molecule has 1 aromatic heterocycles. The first kappa shape index (κ1) is 15.9. The van der Waals surface area contributed by atoms with Gasteiger partial charge >= 0.3 is 0 Å². The van der Waals surface area contributed by atoms with Crippen LogP contribution in [0, 0.1) is 12.3 Å². The minimum atomic E-state index is -0.234. The molecule has 108 valence electrons. The van der Waals surface area contributed by atoms with E-state index in [1.165, 1.54) is 5.03 Å². The van der Waals surface area contributed by atoms with E-state index in [-0.39, 0.29) is 5.41 Å². The van der Waals surface area contributed by atoms with Crippen LogP contribution in [0.25, 0.3) is 0 Å². The summed E-state index contributed by atoms with van der Waals surface area (Å²) in [6, 6.07) is 2.10. The van der Waals surface area contributed by atoms with Crippen LogP contribution in [0.4, 0.5) is 0 Å². The van der Waals surface area contributed by atoms with Crippen LogP contribution in [0.5, 0.6) is 0 Å². The van der Waals surface area contributed by atoms with Gasteiger partial charge < -0.3 is 10.9 Å². The van der Waals surface area contributed by atoms with Crippen molar-refractivity contribution in [3.05, 3.63) is 11.8 Å². The summed E-state index contributed by atoms with van der Waals surface area (Å²) in [6.07, 6.45) is 3.10. The summed E-state index contributed by atoms with van der Waals surface area (Å²) in [5, 5.41) is 17.3. The van der Waals surface area contributed by atoms with E-state index in [0.717, 1.165) is 30.7 Å². The molecule has 0 spiro atoms. The highest BCUT2D eigenvalue weighted by atomic mass is 32.2. The van der Waals surface area contributed by atoms with Gasteiger partial charge in [-0.3, -0.25) is 4.68 Å². The van der Waals surface area contributed by atoms with Crippen molar-refractivity contribution < 1.29 is 5.21 Å². The molecule has 0 aliphatic carbocycles. The first-order valence-corrected chi connectivity index (χ1v) is 7.47. The van der Waals surface area contributed by atoms with Gasteiger partial charge in [0.1, 0.15) is 5.84 Å². The maximum absolute atomic E-state index is 8.70. The molecule has 1 rings (SSSR count). The van der Waals surface area contributed by atoms with Gasteiger partial charge in [-0.05, 0) is 31.6 Å². The van der Waals surface area contributed by atoms with Crippen LogP contribution in [-0.2, 0) is 7.05 Å². The first-order chi connectivity index (χ1) is 8.86. The Labute approximate surface area is 119 Å².